The van der Waals surface area contributed by atoms with Crippen LogP contribution in [0.4, 0.5) is 14.6 Å². The Balaban J connectivity index is 1.58. The van der Waals surface area contributed by atoms with Gasteiger partial charge in [0.25, 0.3) is 6.43 Å². The molecule has 2 aromatic heterocycles. The number of carbonyl (C=O) groups excluding carboxylic acids is 1. The second-order valence-corrected chi connectivity index (χ2v) is 8.81. The van der Waals surface area contributed by atoms with Gasteiger partial charge in [-0.25, -0.2) is 18.6 Å². The van der Waals surface area contributed by atoms with E-state index in [4.69, 9.17) is 21.3 Å². The fourth-order valence-corrected chi connectivity index (χ4v) is 4.75. The van der Waals surface area contributed by atoms with Gasteiger partial charge < -0.3 is 14.6 Å². The second-order valence-electron chi connectivity index (χ2n) is 8.37. The Hall–Kier alpha value is -3.97. The normalized spacial score (nSPS) is 13.7. The number of pyridine rings is 1. The van der Waals surface area contributed by atoms with Gasteiger partial charge in [0.1, 0.15) is 12.4 Å². The summed E-state index contributed by atoms with van der Waals surface area (Å²) in [5.41, 5.74) is 4.25. The average Bonchev–Trinajstić information content (AvgIpc) is 3.44. The summed E-state index contributed by atoms with van der Waals surface area (Å²) in [5, 5.41) is 3.40. The maximum absolute atomic E-state index is 13.7. The van der Waals surface area contributed by atoms with Crippen LogP contribution < -0.4 is 4.90 Å². The molecule has 0 saturated carbocycles. The maximum atomic E-state index is 13.7. The number of hydrogen-bond acceptors (Lipinski definition) is 4. The average molecular weight is 490 g/mol. The number of hydrogen-bond donors (Lipinski definition) is 1. The zero-order valence-corrected chi connectivity index (χ0v) is 19.0. The number of alkyl halides is 2. The summed E-state index contributed by atoms with van der Waals surface area (Å²) in [6.07, 6.45) is -1.37. The Kier molecular flexibility index (Phi) is 5.15. The highest BCUT2D eigenvalue weighted by Crippen LogP contribution is 2.41. The lowest BCUT2D eigenvalue weighted by Crippen LogP contribution is -2.29. The number of nitrogens with one attached hydrogen (secondary N) is 1. The molecule has 5 aromatic rings. The number of H-pyrrole nitrogens is 1. The Morgan fingerprint density at radius 3 is 2.57 bits per heavy atom. The van der Waals surface area contributed by atoms with Gasteiger partial charge in [-0.1, -0.05) is 48.0 Å². The van der Waals surface area contributed by atoms with E-state index in [2.05, 4.69) is 4.98 Å². The van der Waals surface area contributed by atoms with E-state index in [1.165, 1.54) is 11.0 Å². The number of para-hydroxylation sites is 1. The van der Waals surface area contributed by atoms with Crippen LogP contribution >= 0.6 is 11.6 Å². The van der Waals surface area contributed by atoms with Crippen molar-refractivity contribution < 1.29 is 18.3 Å². The molecule has 0 radical (unpaired) electrons. The highest BCUT2D eigenvalue weighted by Gasteiger charge is 2.28. The van der Waals surface area contributed by atoms with Crippen molar-refractivity contribution in [2.24, 2.45) is 0 Å². The first-order chi connectivity index (χ1) is 17.0. The lowest BCUT2D eigenvalue weighted by molar-refractivity contribution is -0.134. The van der Waals surface area contributed by atoms with Crippen LogP contribution in [0, 0.1) is 0 Å². The standard InChI is InChI=1S/C27H18ClF2N3O2/c28-18-8-7-16-9-15-5-6-17(10-22(15)31-23(16)11-18)26-20-3-1-2-4-21(20)32-27(26)33(13-24(29)30)19-12-25(34)35-14-19/h1-12,24,32H,13-14H2. The van der Waals surface area contributed by atoms with Crippen molar-refractivity contribution in [3.63, 3.8) is 0 Å². The van der Waals surface area contributed by atoms with Crippen LogP contribution in [0.3, 0.4) is 0 Å². The largest absolute Gasteiger partial charge is 0.456 e. The van der Waals surface area contributed by atoms with E-state index in [0.29, 0.717) is 16.5 Å². The van der Waals surface area contributed by atoms with E-state index in [-0.39, 0.29) is 6.61 Å². The summed E-state index contributed by atoms with van der Waals surface area (Å²) in [5.74, 6) is -0.0726. The van der Waals surface area contributed by atoms with Crippen LogP contribution in [0.5, 0.6) is 0 Å². The number of rotatable bonds is 5. The van der Waals surface area contributed by atoms with Gasteiger partial charge in [0, 0.05) is 38.3 Å². The van der Waals surface area contributed by atoms with E-state index in [9.17, 15) is 13.6 Å². The number of anilines is 1. The van der Waals surface area contributed by atoms with Crippen molar-refractivity contribution in [1.82, 2.24) is 9.97 Å². The molecule has 6 rings (SSSR count). The Morgan fingerprint density at radius 1 is 1.03 bits per heavy atom. The van der Waals surface area contributed by atoms with Crippen LogP contribution in [0.25, 0.3) is 43.8 Å². The number of ether oxygens (including phenoxy) is 1. The molecule has 0 spiro atoms. The molecule has 3 aromatic carbocycles. The molecule has 8 heteroatoms. The molecule has 3 heterocycles. The molecule has 0 unspecified atom stereocenters. The number of aromatic amines is 1. The lowest BCUT2D eigenvalue weighted by atomic mass is 10.0. The minimum absolute atomic E-state index is 0.0631. The Labute approximate surface area is 203 Å². The molecular formula is C27H18ClF2N3O2. The molecule has 174 valence electrons. The van der Waals surface area contributed by atoms with Crippen LogP contribution in [0.2, 0.25) is 5.02 Å². The van der Waals surface area contributed by atoms with E-state index >= 15 is 0 Å². The topological polar surface area (TPSA) is 58.2 Å². The molecular weight excluding hydrogens is 472 g/mol. The monoisotopic (exact) mass is 489 g/mol. The van der Waals surface area contributed by atoms with E-state index < -0.39 is 18.9 Å². The van der Waals surface area contributed by atoms with Crippen molar-refractivity contribution in [2.45, 2.75) is 6.43 Å². The molecule has 0 atom stereocenters. The fraction of sp³-hybridized carbons (Fsp3) is 0.111. The smallest absolute Gasteiger partial charge is 0.333 e. The van der Waals surface area contributed by atoms with E-state index in [0.717, 1.165) is 43.8 Å². The molecule has 0 saturated heterocycles. The molecule has 1 aliphatic heterocycles. The molecule has 5 nitrogen and oxygen atoms in total. The summed E-state index contributed by atoms with van der Waals surface area (Å²) in [7, 11) is 0. The predicted molar refractivity (Wildman–Crippen MR) is 134 cm³/mol. The van der Waals surface area contributed by atoms with Gasteiger partial charge >= 0.3 is 5.97 Å². The molecule has 0 bridgehead atoms. The lowest BCUT2D eigenvalue weighted by Gasteiger charge is -2.25. The number of nitrogens with zero attached hydrogens (tertiary/aromatic N) is 2. The van der Waals surface area contributed by atoms with E-state index in [1.54, 1.807) is 0 Å². The SMILES string of the molecule is O=C1C=C(N(CC(F)F)c2[nH]c3ccccc3c2-c2ccc3cc4ccc(Cl)cc4nc3c2)CO1. The van der Waals surface area contributed by atoms with Crippen LogP contribution in [0.1, 0.15) is 0 Å². The molecule has 0 aliphatic carbocycles. The van der Waals surface area contributed by atoms with Crippen LogP contribution in [-0.4, -0.2) is 35.5 Å². The van der Waals surface area contributed by atoms with Crippen LogP contribution in [0.15, 0.2) is 78.5 Å². The summed E-state index contributed by atoms with van der Waals surface area (Å²) in [6.45, 7) is -0.649. The highest BCUT2D eigenvalue weighted by atomic mass is 35.5. The molecule has 0 amide bonds. The van der Waals surface area contributed by atoms with Crippen molar-refractivity contribution >= 4 is 56.1 Å². The summed E-state index contributed by atoms with van der Waals surface area (Å²) < 4.78 is 32.4. The van der Waals surface area contributed by atoms with Crippen molar-refractivity contribution in [3.8, 4) is 11.1 Å². The first-order valence-corrected chi connectivity index (χ1v) is 11.4. The van der Waals surface area contributed by atoms with Gasteiger partial charge in [0.05, 0.1) is 23.3 Å². The minimum atomic E-state index is -2.62. The van der Waals surface area contributed by atoms with Crippen molar-refractivity contribution in [2.75, 3.05) is 18.1 Å². The molecule has 35 heavy (non-hydrogen) atoms. The third kappa shape index (κ3) is 3.88. The van der Waals surface area contributed by atoms with Crippen molar-refractivity contribution in [1.29, 1.82) is 0 Å². The zero-order chi connectivity index (χ0) is 24.1. The first kappa shape index (κ1) is 21.6. The second kappa shape index (κ2) is 8.36. The van der Waals surface area contributed by atoms with Crippen LogP contribution in [-0.2, 0) is 9.53 Å². The molecule has 0 fully saturated rings. The number of aromatic nitrogens is 2. The third-order valence-corrected chi connectivity index (χ3v) is 6.37. The van der Waals surface area contributed by atoms with Gasteiger partial charge in [-0.2, -0.15) is 0 Å². The minimum Gasteiger partial charge on any atom is -0.456 e. The van der Waals surface area contributed by atoms with Gasteiger partial charge in [-0.05, 0) is 35.9 Å². The zero-order valence-electron chi connectivity index (χ0n) is 18.3. The predicted octanol–water partition coefficient (Wildman–Crippen LogP) is 6.70. The summed E-state index contributed by atoms with van der Waals surface area (Å²) in [4.78, 5) is 21.3. The number of halogens is 3. The number of benzene rings is 3. The first-order valence-electron chi connectivity index (χ1n) is 11.0. The highest BCUT2D eigenvalue weighted by molar-refractivity contribution is 6.31. The maximum Gasteiger partial charge on any atom is 0.333 e. The molecule has 1 N–H and O–H groups in total. The van der Waals surface area contributed by atoms with Gasteiger partial charge in [0.15, 0.2) is 0 Å². The Bertz CT molecular complexity index is 1660. The number of fused-ring (bicyclic) bond motifs is 3. The van der Waals surface area contributed by atoms with Gasteiger partial charge in [0.2, 0.25) is 0 Å². The van der Waals surface area contributed by atoms with Gasteiger partial charge in [-0.15, -0.1) is 0 Å². The number of cyclic esters (lactones) is 1. The summed E-state index contributed by atoms with van der Waals surface area (Å²) >= 11 is 6.17. The van der Waals surface area contributed by atoms with Gasteiger partial charge in [-0.3, -0.25) is 0 Å². The number of carbonyl (C=O) groups is 1. The van der Waals surface area contributed by atoms with Crippen molar-refractivity contribution in [3.05, 3.63) is 83.5 Å². The quantitative estimate of drug-likeness (QED) is 0.220. The molecule has 1 aliphatic rings. The number of esters is 1. The Morgan fingerprint density at radius 2 is 1.80 bits per heavy atom. The third-order valence-electron chi connectivity index (χ3n) is 6.13. The van der Waals surface area contributed by atoms with E-state index in [1.807, 2.05) is 66.7 Å². The fourth-order valence-electron chi connectivity index (χ4n) is 4.58. The summed E-state index contributed by atoms with van der Waals surface area (Å²) in [6, 6.07) is 21.1.